The van der Waals surface area contributed by atoms with E-state index in [0.717, 1.165) is 16.5 Å². The smallest absolute Gasteiger partial charge is 0.341 e. The predicted molar refractivity (Wildman–Crippen MR) is 120 cm³/mol. The highest BCUT2D eigenvalue weighted by atomic mass is 16.5. The van der Waals surface area contributed by atoms with Gasteiger partial charge in [-0.2, -0.15) is 0 Å². The zero-order valence-corrected chi connectivity index (χ0v) is 18.0. The second-order valence-electron chi connectivity index (χ2n) is 7.34. The van der Waals surface area contributed by atoms with Crippen molar-refractivity contribution in [1.29, 1.82) is 0 Å². The minimum Gasteiger partial charge on any atom is -0.464 e. The van der Waals surface area contributed by atoms with E-state index in [-0.39, 0.29) is 25.2 Å². The Hall–Kier alpha value is -3.87. The van der Waals surface area contributed by atoms with E-state index in [1.54, 1.807) is 44.2 Å². The van der Waals surface area contributed by atoms with Gasteiger partial charge in [0.1, 0.15) is 6.04 Å². The third kappa shape index (κ3) is 3.89. The Bertz CT molecular complexity index is 1200. The molecular formula is C25H24N2O5. The number of aromatic amines is 1. The van der Waals surface area contributed by atoms with Crippen LogP contribution in [0.5, 0.6) is 0 Å². The molecule has 0 fully saturated rings. The molecule has 2 aromatic carbocycles. The highest BCUT2D eigenvalue weighted by Crippen LogP contribution is 2.34. The van der Waals surface area contributed by atoms with Crippen molar-refractivity contribution in [3.8, 4) is 0 Å². The van der Waals surface area contributed by atoms with Crippen LogP contribution in [0.2, 0.25) is 0 Å². The van der Waals surface area contributed by atoms with Crippen LogP contribution in [0.4, 0.5) is 0 Å². The molecule has 1 atom stereocenters. The predicted octanol–water partition coefficient (Wildman–Crippen LogP) is 3.70. The lowest BCUT2D eigenvalue weighted by molar-refractivity contribution is -0.147. The van der Waals surface area contributed by atoms with E-state index in [1.807, 2.05) is 24.3 Å². The van der Waals surface area contributed by atoms with Gasteiger partial charge in [-0.15, -0.1) is 0 Å². The molecule has 0 saturated heterocycles. The van der Waals surface area contributed by atoms with Crippen molar-refractivity contribution in [2.75, 3.05) is 13.2 Å². The molecule has 4 rings (SSSR count). The van der Waals surface area contributed by atoms with Gasteiger partial charge in [0.05, 0.1) is 24.5 Å². The maximum absolute atomic E-state index is 13.4. The van der Waals surface area contributed by atoms with Crippen LogP contribution in [0.1, 0.15) is 35.5 Å². The molecule has 1 aliphatic heterocycles. The number of fused-ring (bicyclic) bond motifs is 3. The van der Waals surface area contributed by atoms with Crippen molar-refractivity contribution in [3.63, 3.8) is 0 Å². The topological polar surface area (TPSA) is 88.7 Å². The standard InChI is InChI=1S/C25H24N2O5/c1-3-31-24(29)19-15-27(23(28)16-10-6-5-7-11-16)21(25(30)32-4-2)14-18-17-12-8-9-13-20(17)26-22(18)19/h5-13,15,21,26H,3-4,14H2,1-2H3. The van der Waals surface area contributed by atoms with Gasteiger partial charge in [0.2, 0.25) is 0 Å². The number of aromatic nitrogens is 1. The van der Waals surface area contributed by atoms with Crippen molar-refractivity contribution in [2.24, 2.45) is 0 Å². The van der Waals surface area contributed by atoms with Crippen molar-refractivity contribution in [3.05, 3.63) is 77.6 Å². The maximum atomic E-state index is 13.4. The van der Waals surface area contributed by atoms with E-state index in [9.17, 15) is 14.4 Å². The molecule has 1 N–H and O–H groups in total. The minimum absolute atomic E-state index is 0.178. The summed E-state index contributed by atoms with van der Waals surface area (Å²) in [6, 6.07) is 15.3. The summed E-state index contributed by atoms with van der Waals surface area (Å²) in [5, 5.41) is 0.876. The fourth-order valence-corrected chi connectivity index (χ4v) is 3.96. The summed E-state index contributed by atoms with van der Waals surface area (Å²) in [5.41, 5.74) is 2.73. The molecule has 7 heteroatoms. The van der Waals surface area contributed by atoms with Crippen LogP contribution >= 0.6 is 0 Å². The number of amides is 1. The Morgan fingerprint density at radius 2 is 1.66 bits per heavy atom. The van der Waals surface area contributed by atoms with Crippen molar-refractivity contribution < 1.29 is 23.9 Å². The average molecular weight is 432 g/mol. The summed E-state index contributed by atoms with van der Waals surface area (Å²) in [5.74, 6) is -1.51. The molecule has 0 spiro atoms. The Morgan fingerprint density at radius 1 is 0.969 bits per heavy atom. The summed E-state index contributed by atoms with van der Waals surface area (Å²) in [7, 11) is 0. The molecule has 0 radical (unpaired) electrons. The lowest BCUT2D eigenvalue weighted by Gasteiger charge is -2.26. The van der Waals surface area contributed by atoms with Crippen LogP contribution < -0.4 is 0 Å². The van der Waals surface area contributed by atoms with Gasteiger partial charge in [-0.3, -0.25) is 9.69 Å². The summed E-state index contributed by atoms with van der Waals surface area (Å²) < 4.78 is 10.6. The molecule has 0 saturated carbocycles. The van der Waals surface area contributed by atoms with Gasteiger partial charge >= 0.3 is 11.9 Å². The van der Waals surface area contributed by atoms with E-state index in [2.05, 4.69) is 4.98 Å². The number of nitrogens with zero attached hydrogens (tertiary/aromatic N) is 1. The third-order valence-corrected chi connectivity index (χ3v) is 5.39. The Labute approximate surface area is 185 Å². The van der Waals surface area contributed by atoms with Gasteiger partial charge in [0.15, 0.2) is 0 Å². The van der Waals surface area contributed by atoms with Gasteiger partial charge < -0.3 is 14.5 Å². The largest absolute Gasteiger partial charge is 0.464 e. The lowest BCUT2D eigenvalue weighted by Crippen LogP contribution is -2.43. The molecule has 0 aliphatic carbocycles. The molecule has 7 nitrogen and oxygen atoms in total. The number of rotatable bonds is 5. The second-order valence-corrected chi connectivity index (χ2v) is 7.34. The first kappa shape index (κ1) is 21.4. The van der Waals surface area contributed by atoms with Gasteiger partial charge in [-0.1, -0.05) is 36.4 Å². The van der Waals surface area contributed by atoms with Crippen LogP contribution in [0.3, 0.4) is 0 Å². The molecule has 2 heterocycles. The zero-order chi connectivity index (χ0) is 22.7. The zero-order valence-electron chi connectivity index (χ0n) is 18.0. The number of hydrogen-bond donors (Lipinski definition) is 1. The lowest BCUT2D eigenvalue weighted by atomic mass is 10.0. The van der Waals surface area contributed by atoms with Gasteiger partial charge in [-0.25, -0.2) is 9.59 Å². The fraction of sp³-hybridized carbons (Fsp3) is 0.240. The Kier molecular flexibility index (Phi) is 6.07. The Balaban J connectivity index is 1.92. The number of esters is 2. The number of H-pyrrole nitrogens is 1. The number of hydrogen-bond acceptors (Lipinski definition) is 5. The SMILES string of the molecule is CCOC(=O)C1=CN(C(=O)c2ccccc2)C(C(=O)OCC)Cc2c1[nH]c1ccccc21. The van der Waals surface area contributed by atoms with Crippen LogP contribution in [-0.2, 0) is 25.5 Å². The number of nitrogens with one attached hydrogen (secondary N) is 1. The summed E-state index contributed by atoms with van der Waals surface area (Å²) in [4.78, 5) is 43.9. The van der Waals surface area contributed by atoms with Crippen LogP contribution in [-0.4, -0.2) is 47.0 Å². The molecule has 3 aromatic rings. The van der Waals surface area contributed by atoms with E-state index in [1.165, 1.54) is 11.1 Å². The first-order valence-corrected chi connectivity index (χ1v) is 10.6. The molecule has 164 valence electrons. The quantitative estimate of drug-likeness (QED) is 0.621. The number of carbonyl (C=O) groups is 3. The van der Waals surface area contributed by atoms with Crippen molar-refractivity contribution in [2.45, 2.75) is 26.3 Å². The summed E-state index contributed by atoms with van der Waals surface area (Å²) in [6.45, 7) is 3.79. The van der Waals surface area contributed by atoms with E-state index in [0.29, 0.717) is 11.3 Å². The molecule has 1 aromatic heterocycles. The van der Waals surface area contributed by atoms with E-state index < -0.39 is 23.9 Å². The first-order chi connectivity index (χ1) is 15.5. The summed E-state index contributed by atoms with van der Waals surface area (Å²) in [6.07, 6.45) is 1.60. The van der Waals surface area contributed by atoms with Gasteiger partial charge in [0, 0.05) is 29.1 Å². The van der Waals surface area contributed by atoms with E-state index in [4.69, 9.17) is 9.47 Å². The summed E-state index contributed by atoms with van der Waals surface area (Å²) >= 11 is 0. The van der Waals surface area contributed by atoms with Crippen LogP contribution in [0.25, 0.3) is 16.5 Å². The molecule has 1 amide bonds. The molecular weight excluding hydrogens is 408 g/mol. The molecule has 1 aliphatic rings. The molecule has 32 heavy (non-hydrogen) atoms. The highest BCUT2D eigenvalue weighted by Gasteiger charge is 2.37. The highest BCUT2D eigenvalue weighted by molar-refractivity contribution is 6.18. The maximum Gasteiger partial charge on any atom is 0.341 e. The minimum atomic E-state index is -0.937. The number of benzene rings is 2. The van der Waals surface area contributed by atoms with Gasteiger partial charge in [0.25, 0.3) is 5.91 Å². The monoisotopic (exact) mass is 432 g/mol. The number of para-hydroxylation sites is 1. The molecule has 0 bridgehead atoms. The third-order valence-electron chi connectivity index (χ3n) is 5.39. The number of carbonyl (C=O) groups excluding carboxylic acids is 3. The van der Waals surface area contributed by atoms with E-state index >= 15 is 0 Å². The normalized spacial score (nSPS) is 15.5. The molecule has 1 unspecified atom stereocenters. The van der Waals surface area contributed by atoms with Gasteiger partial charge in [-0.05, 0) is 37.6 Å². The fourth-order valence-electron chi connectivity index (χ4n) is 3.96. The second kappa shape index (κ2) is 9.09. The van der Waals surface area contributed by atoms with Crippen LogP contribution in [0, 0.1) is 0 Å². The van der Waals surface area contributed by atoms with Crippen molar-refractivity contribution >= 4 is 34.3 Å². The van der Waals surface area contributed by atoms with Crippen LogP contribution in [0.15, 0.2) is 60.8 Å². The number of ether oxygens (including phenoxy) is 2. The van der Waals surface area contributed by atoms with Crippen molar-refractivity contribution in [1.82, 2.24) is 9.88 Å². The average Bonchev–Trinajstić information content (AvgIpc) is 3.07. The Morgan fingerprint density at radius 3 is 2.38 bits per heavy atom. The first-order valence-electron chi connectivity index (χ1n) is 10.6.